The summed E-state index contributed by atoms with van der Waals surface area (Å²) < 4.78 is 18.4. The van der Waals surface area contributed by atoms with E-state index in [0.29, 0.717) is 29.7 Å². The quantitative estimate of drug-likeness (QED) is 0.353. The molecule has 0 radical (unpaired) electrons. The van der Waals surface area contributed by atoms with Crippen LogP contribution in [0, 0.1) is 0 Å². The maximum atomic E-state index is 6.07. The standard InChI is InChI=1S/C24H24BrN5O3/c25-18-3-1-4-19(14-18)29-23-22-24(28-16-27-23)33-21-6-5-20(13-17(21)15-26-22)32-10-2-7-30-8-11-31-12-9-30/h1,3-6,13-16H,2,7-12H2,(H,27,28,29). The van der Waals surface area contributed by atoms with E-state index in [2.05, 4.69) is 41.1 Å². The summed E-state index contributed by atoms with van der Waals surface area (Å²) in [7, 11) is 0. The number of halogens is 1. The molecule has 3 aromatic rings. The fraction of sp³-hybridized carbons (Fsp3) is 0.292. The number of morpholine rings is 1. The predicted molar refractivity (Wildman–Crippen MR) is 131 cm³/mol. The van der Waals surface area contributed by atoms with Crippen molar-refractivity contribution in [3.05, 3.63) is 58.8 Å². The third kappa shape index (κ3) is 5.50. The van der Waals surface area contributed by atoms with Crippen LogP contribution in [0.4, 0.5) is 17.2 Å². The van der Waals surface area contributed by atoms with E-state index < -0.39 is 0 Å². The Morgan fingerprint density at radius 2 is 2.00 bits per heavy atom. The van der Waals surface area contributed by atoms with Gasteiger partial charge in [0.2, 0.25) is 0 Å². The first-order valence-corrected chi connectivity index (χ1v) is 11.7. The zero-order chi connectivity index (χ0) is 22.5. The third-order valence-electron chi connectivity index (χ3n) is 5.39. The van der Waals surface area contributed by atoms with Crippen molar-refractivity contribution < 1.29 is 14.2 Å². The molecule has 170 valence electrons. The minimum atomic E-state index is 0.400. The lowest BCUT2D eigenvalue weighted by Crippen LogP contribution is -2.37. The average Bonchev–Trinajstić information content (AvgIpc) is 3.02. The molecule has 3 heterocycles. The van der Waals surface area contributed by atoms with Crippen LogP contribution in [0.25, 0.3) is 0 Å². The molecule has 1 saturated heterocycles. The van der Waals surface area contributed by atoms with E-state index >= 15 is 0 Å². The van der Waals surface area contributed by atoms with Gasteiger partial charge in [-0.25, -0.2) is 9.98 Å². The number of ether oxygens (including phenoxy) is 3. The molecule has 5 rings (SSSR count). The number of anilines is 2. The van der Waals surface area contributed by atoms with Crippen LogP contribution in [0.2, 0.25) is 0 Å². The largest absolute Gasteiger partial charge is 0.494 e. The van der Waals surface area contributed by atoms with Crippen LogP contribution >= 0.6 is 15.9 Å². The highest BCUT2D eigenvalue weighted by Crippen LogP contribution is 2.40. The summed E-state index contributed by atoms with van der Waals surface area (Å²) in [6.07, 6.45) is 4.19. The van der Waals surface area contributed by atoms with Gasteiger partial charge in [-0.05, 0) is 42.8 Å². The molecule has 1 aromatic heterocycles. The molecule has 2 aliphatic heterocycles. The number of aliphatic imine (C=N–C) groups is 1. The van der Waals surface area contributed by atoms with Gasteiger partial charge >= 0.3 is 0 Å². The van der Waals surface area contributed by atoms with Crippen LogP contribution in [0.1, 0.15) is 12.0 Å². The number of fused-ring (bicyclic) bond motifs is 2. The average molecular weight is 510 g/mol. The molecule has 0 atom stereocenters. The van der Waals surface area contributed by atoms with E-state index in [1.165, 1.54) is 6.33 Å². The Hall–Kier alpha value is -3.01. The van der Waals surface area contributed by atoms with Crippen LogP contribution in [-0.4, -0.2) is 60.5 Å². The molecule has 1 fully saturated rings. The van der Waals surface area contributed by atoms with Gasteiger partial charge < -0.3 is 19.5 Å². The molecule has 9 heteroatoms. The maximum absolute atomic E-state index is 6.07. The van der Waals surface area contributed by atoms with Gasteiger partial charge in [0, 0.05) is 41.6 Å². The van der Waals surface area contributed by atoms with Crippen molar-refractivity contribution in [2.45, 2.75) is 6.42 Å². The summed E-state index contributed by atoms with van der Waals surface area (Å²) in [6.45, 7) is 5.29. The van der Waals surface area contributed by atoms with Gasteiger partial charge in [0.1, 0.15) is 17.8 Å². The van der Waals surface area contributed by atoms with Crippen LogP contribution < -0.4 is 14.8 Å². The summed E-state index contributed by atoms with van der Waals surface area (Å²) in [4.78, 5) is 15.7. The number of hydrogen-bond acceptors (Lipinski definition) is 8. The summed E-state index contributed by atoms with van der Waals surface area (Å²) in [5, 5.41) is 3.29. The number of benzene rings is 2. The van der Waals surface area contributed by atoms with Gasteiger partial charge in [0.15, 0.2) is 11.5 Å². The molecule has 2 aromatic carbocycles. The Labute approximate surface area is 200 Å². The number of hydrogen-bond donors (Lipinski definition) is 1. The van der Waals surface area contributed by atoms with E-state index in [0.717, 1.165) is 60.7 Å². The van der Waals surface area contributed by atoms with Crippen molar-refractivity contribution in [3.8, 4) is 17.4 Å². The topological polar surface area (TPSA) is 81.1 Å². The molecule has 8 nitrogen and oxygen atoms in total. The molecule has 0 spiro atoms. The van der Waals surface area contributed by atoms with Crippen molar-refractivity contribution >= 4 is 39.3 Å². The Balaban J connectivity index is 1.26. The van der Waals surface area contributed by atoms with E-state index in [-0.39, 0.29) is 0 Å². The van der Waals surface area contributed by atoms with Gasteiger partial charge in [0.25, 0.3) is 5.88 Å². The number of nitrogens with one attached hydrogen (secondary N) is 1. The zero-order valence-electron chi connectivity index (χ0n) is 18.0. The highest BCUT2D eigenvalue weighted by atomic mass is 79.9. The lowest BCUT2D eigenvalue weighted by molar-refractivity contribution is 0.0358. The summed E-state index contributed by atoms with van der Waals surface area (Å²) in [6, 6.07) is 13.6. The van der Waals surface area contributed by atoms with Crippen molar-refractivity contribution in [2.75, 3.05) is 44.8 Å². The number of nitrogens with zero attached hydrogens (tertiary/aromatic N) is 4. The van der Waals surface area contributed by atoms with Crippen LogP contribution in [0.5, 0.6) is 17.4 Å². The lowest BCUT2D eigenvalue weighted by atomic mass is 10.2. The van der Waals surface area contributed by atoms with Crippen molar-refractivity contribution in [1.82, 2.24) is 14.9 Å². The van der Waals surface area contributed by atoms with Crippen LogP contribution in [0.15, 0.2) is 58.3 Å². The second kappa shape index (κ2) is 10.3. The first-order chi connectivity index (χ1) is 16.2. The first-order valence-electron chi connectivity index (χ1n) is 10.9. The summed E-state index contributed by atoms with van der Waals surface area (Å²) in [5.74, 6) is 2.43. The molecule has 2 aliphatic rings. The molecule has 0 bridgehead atoms. The maximum Gasteiger partial charge on any atom is 0.250 e. The van der Waals surface area contributed by atoms with Gasteiger partial charge in [-0.2, -0.15) is 4.98 Å². The van der Waals surface area contributed by atoms with Crippen molar-refractivity contribution in [3.63, 3.8) is 0 Å². The Morgan fingerprint density at radius 1 is 1.09 bits per heavy atom. The van der Waals surface area contributed by atoms with Crippen molar-refractivity contribution in [1.29, 1.82) is 0 Å². The first kappa shape index (κ1) is 21.8. The van der Waals surface area contributed by atoms with Gasteiger partial charge in [-0.3, -0.25) is 4.90 Å². The summed E-state index contributed by atoms with van der Waals surface area (Å²) in [5.41, 5.74) is 2.25. The van der Waals surface area contributed by atoms with Gasteiger partial charge in [-0.1, -0.05) is 22.0 Å². The smallest absolute Gasteiger partial charge is 0.250 e. The lowest BCUT2D eigenvalue weighted by Gasteiger charge is -2.26. The minimum Gasteiger partial charge on any atom is -0.494 e. The Bertz CT molecular complexity index is 1150. The molecule has 0 unspecified atom stereocenters. The second-order valence-corrected chi connectivity index (χ2v) is 8.64. The number of aromatic nitrogens is 2. The van der Waals surface area contributed by atoms with Crippen LogP contribution in [-0.2, 0) is 4.74 Å². The SMILES string of the molecule is Brc1cccc(Nc2ncnc3c2N=Cc2cc(OCCCN4CCOCC4)ccc2O3)c1. The fourth-order valence-electron chi connectivity index (χ4n) is 3.70. The minimum absolute atomic E-state index is 0.400. The molecule has 1 N–H and O–H groups in total. The zero-order valence-corrected chi connectivity index (χ0v) is 19.6. The highest BCUT2D eigenvalue weighted by Gasteiger charge is 2.18. The molecule has 0 saturated carbocycles. The molecule has 0 amide bonds. The second-order valence-electron chi connectivity index (χ2n) is 7.73. The van der Waals surface area contributed by atoms with Gasteiger partial charge in [-0.15, -0.1) is 0 Å². The number of rotatable bonds is 7. The molecule has 33 heavy (non-hydrogen) atoms. The van der Waals surface area contributed by atoms with E-state index in [1.807, 2.05) is 42.5 Å². The Kier molecular flexibility index (Phi) is 6.80. The van der Waals surface area contributed by atoms with E-state index in [1.54, 1.807) is 6.21 Å². The monoisotopic (exact) mass is 509 g/mol. The molecular formula is C24H24BrN5O3. The molecule has 0 aliphatic carbocycles. The van der Waals surface area contributed by atoms with Crippen LogP contribution in [0.3, 0.4) is 0 Å². The third-order valence-corrected chi connectivity index (χ3v) is 5.88. The predicted octanol–water partition coefficient (Wildman–Crippen LogP) is 4.94. The van der Waals surface area contributed by atoms with E-state index in [4.69, 9.17) is 14.2 Å². The highest BCUT2D eigenvalue weighted by molar-refractivity contribution is 9.10. The molecular weight excluding hydrogens is 486 g/mol. The van der Waals surface area contributed by atoms with Gasteiger partial charge in [0.05, 0.1) is 19.8 Å². The Morgan fingerprint density at radius 3 is 2.88 bits per heavy atom. The van der Waals surface area contributed by atoms with Crippen molar-refractivity contribution in [2.24, 2.45) is 4.99 Å². The fourth-order valence-corrected chi connectivity index (χ4v) is 4.10. The van der Waals surface area contributed by atoms with E-state index in [9.17, 15) is 0 Å². The summed E-state index contributed by atoms with van der Waals surface area (Å²) >= 11 is 3.49. The normalized spacial score (nSPS) is 15.2.